The second-order valence-electron chi connectivity index (χ2n) is 4.00. The molecule has 92 valence electrons. The molecule has 1 heterocycles. The summed E-state index contributed by atoms with van der Waals surface area (Å²) < 4.78 is 5.41. The Morgan fingerprint density at radius 2 is 2.12 bits per heavy atom. The molecule has 17 heavy (non-hydrogen) atoms. The lowest BCUT2D eigenvalue weighted by Crippen LogP contribution is -2.39. The van der Waals surface area contributed by atoms with Crippen molar-refractivity contribution < 1.29 is 14.6 Å². The quantitative estimate of drug-likeness (QED) is 0.748. The van der Waals surface area contributed by atoms with Crippen molar-refractivity contribution in [2.75, 3.05) is 6.61 Å². The maximum absolute atomic E-state index is 11.0. The van der Waals surface area contributed by atoms with Gasteiger partial charge in [0.1, 0.15) is 6.10 Å². The highest BCUT2D eigenvalue weighted by molar-refractivity contribution is 6.21. The number of rotatable bonds is 1. The average Bonchev–Trinajstić information content (AvgIpc) is 2.42. The van der Waals surface area contributed by atoms with Crippen LogP contribution in [0.15, 0.2) is 24.3 Å². The minimum Gasteiger partial charge on any atom is -0.384 e. The Kier molecular flexibility index (Phi) is 3.66. The van der Waals surface area contributed by atoms with Crippen molar-refractivity contribution in [1.82, 2.24) is 5.32 Å². The summed E-state index contributed by atoms with van der Waals surface area (Å²) in [7, 11) is 0. The second kappa shape index (κ2) is 5.04. The molecule has 4 nitrogen and oxygen atoms in total. The Balaban J connectivity index is 2.32. The van der Waals surface area contributed by atoms with Gasteiger partial charge in [-0.1, -0.05) is 24.3 Å². The first-order valence-corrected chi connectivity index (χ1v) is 5.83. The molecule has 3 atom stereocenters. The Hall–Kier alpha value is -1.10. The van der Waals surface area contributed by atoms with Crippen LogP contribution in [0.25, 0.3) is 0 Å². The van der Waals surface area contributed by atoms with E-state index in [1.165, 1.54) is 6.92 Å². The maximum atomic E-state index is 11.0. The number of alkyl halides is 1. The average molecular weight is 256 g/mol. The standard InChI is InChI=1S/C12H14ClNO3/c1-7(15)14-12-11(16)9-5-3-2-4-8(9)10(13)6-17-12/h2-5,10-12,16H,6H2,1H3,(H,14,15). The topological polar surface area (TPSA) is 58.6 Å². The van der Waals surface area contributed by atoms with Gasteiger partial charge in [-0.05, 0) is 11.1 Å². The predicted molar refractivity (Wildman–Crippen MR) is 63.6 cm³/mol. The van der Waals surface area contributed by atoms with Crippen LogP contribution in [0.4, 0.5) is 0 Å². The van der Waals surface area contributed by atoms with Crippen molar-refractivity contribution in [3.05, 3.63) is 35.4 Å². The minimum absolute atomic E-state index is 0.250. The van der Waals surface area contributed by atoms with Crippen LogP contribution in [0.1, 0.15) is 29.5 Å². The molecule has 0 saturated carbocycles. The van der Waals surface area contributed by atoms with Crippen LogP contribution in [0.5, 0.6) is 0 Å². The molecule has 0 saturated heterocycles. The van der Waals surface area contributed by atoms with Crippen molar-refractivity contribution in [1.29, 1.82) is 0 Å². The molecule has 0 bridgehead atoms. The zero-order valence-electron chi connectivity index (χ0n) is 9.39. The van der Waals surface area contributed by atoms with Crippen molar-refractivity contribution in [2.24, 2.45) is 0 Å². The van der Waals surface area contributed by atoms with E-state index in [0.717, 1.165) is 5.56 Å². The third-order valence-corrected chi connectivity index (χ3v) is 3.07. The summed E-state index contributed by atoms with van der Waals surface area (Å²) in [5.74, 6) is -0.250. The van der Waals surface area contributed by atoms with E-state index < -0.39 is 12.3 Å². The first-order valence-electron chi connectivity index (χ1n) is 5.39. The number of halogens is 1. The fraction of sp³-hybridized carbons (Fsp3) is 0.417. The molecule has 3 unspecified atom stereocenters. The van der Waals surface area contributed by atoms with E-state index in [1.54, 1.807) is 6.07 Å². The molecule has 0 aromatic heterocycles. The third kappa shape index (κ3) is 2.60. The van der Waals surface area contributed by atoms with Gasteiger partial charge >= 0.3 is 0 Å². The highest BCUT2D eigenvalue weighted by atomic mass is 35.5. The number of nitrogens with one attached hydrogen (secondary N) is 1. The number of hydrogen-bond acceptors (Lipinski definition) is 3. The van der Waals surface area contributed by atoms with Crippen LogP contribution in [-0.2, 0) is 9.53 Å². The summed E-state index contributed by atoms with van der Waals surface area (Å²) in [6, 6.07) is 7.33. The molecule has 1 aliphatic heterocycles. The molecule has 1 amide bonds. The Morgan fingerprint density at radius 1 is 1.47 bits per heavy atom. The van der Waals surface area contributed by atoms with E-state index >= 15 is 0 Å². The number of ether oxygens (including phenoxy) is 1. The molecule has 1 aromatic carbocycles. The summed E-state index contributed by atoms with van der Waals surface area (Å²) in [4.78, 5) is 11.0. The lowest BCUT2D eigenvalue weighted by atomic mass is 10.00. The van der Waals surface area contributed by atoms with E-state index in [0.29, 0.717) is 5.56 Å². The Bertz CT molecular complexity index is 424. The predicted octanol–water partition coefficient (Wildman–Crippen LogP) is 1.49. The summed E-state index contributed by atoms with van der Waals surface area (Å²) in [6.45, 7) is 1.63. The van der Waals surface area contributed by atoms with Gasteiger partial charge in [0.2, 0.25) is 5.91 Å². The molecule has 1 aromatic rings. The van der Waals surface area contributed by atoms with E-state index in [9.17, 15) is 9.90 Å². The van der Waals surface area contributed by atoms with E-state index in [2.05, 4.69) is 5.32 Å². The third-order valence-electron chi connectivity index (χ3n) is 2.71. The smallest absolute Gasteiger partial charge is 0.218 e. The van der Waals surface area contributed by atoms with Crippen molar-refractivity contribution in [3.63, 3.8) is 0 Å². The molecule has 0 fully saturated rings. The first kappa shape index (κ1) is 12.4. The van der Waals surface area contributed by atoms with Gasteiger partial charge in [-0.15, -0.1) is 11.6 Å². The monoisotopic (exact) mass is 255 g/mol. The summed E-state index contributed by atoms with van der Waals surface area (Å²) in [6.07, 6.45) is -1.66. The van der Waals surface area contributed by atoms with Crippen molar-refractivity contribution in [2.45, 2.75) is 24.6 Å². The van der Waals surface area contributed by atoms with Crippen LogP contribution in [-0.4, -0.2) is 23.8 Å². The Labute approximate surface area is 105 Å². The summed E-state index contributed by atoms with van der Waals surface area (Å²) >= 11 is 6.17. The van der Waals surface area contributed by atoms with Gasteiger partial charge < -0.3 is 15.2 Å². The van der Waals surface area contributed by atoms with Gasteiger partial charge in [-0.2, -0.15) is 0 Å². The number of aliphatic hydroxyl groups excluding tert-OH is 1. The fourth-order valence-electron chi connectivity index (χ4n) is 1.92. The molecule has 0 spiro atoms. The molecular formula is C12H14ClNO3. The van der Waals surface area contributed by atoms with Crippen LogP contribution >= 0.6 is 11.6 Å². The molecule has 2 N–H and O–H groups in total. The largest absolute Gasteiger partial charge is 0.384 e. The van der Waals surface area contributed by atoms with Crippen LogP contribution in [0, 0.1) is 0 Å². The fourth-order valence-corrected chi connectivity index (χ4v) is 2.19. The van der Waals surface area contributed by atoms with Gasteiger partial charge in [0.05, 0.1) is 12.0 Å². The van der Waals surface area contributed by atoms with Crippen LogP contribution in [0.3, 0.4) is 0 Å². The van der Waals surface area contributed by atoms with Gasteiger partial charge in [0.25, 0.3) is 0 Å². The number of fused-ring (bicyclic) bond motifs is 1. The van der Waals surface area contributed by atoms with E-state index in [4.69, 9.17) is 16.3 Å². The lowest BCUT2D eigenvalue weighted by Gasteiger charge is -2.21. The number of carbonyl (C=O) groups excluding carboxylic acids is 1. The Morgan fingerprint density at radius 3 is 2.76 bits per heavy atom. The zero-order chi connectivity index (χ0) is 12.4. The molecule has 0 aliphatic carbocycles. The normalized spacial score (nSPS) is 28.1. The van der Waals surface area contributed by atoms with E-state index in [1.807, 2.05) is 18.2 Å². The summed E-state index contributed by atoms with van der Waals surface area (Å²) in [5, 5.41) is 12.4. The molecule has 5 heteroatoms. The molecule has 2 rings (SSSR count). The molecule has 0 radical (unpaired) electrons. The number of benzene rings is 1. The van der Waals surface area contributed by atoms with Crippen LogP contribution < -0.4 is 5.32 Å². The molecule has 1 aliphatic rings. The number of carbonyl (C=O) groups is 1. The first-order chi connectivity index (χ1) is 8.09. The van der Waals surface area contributed by atoms with Crippen molar-refractivity contribution >= 4 is 17.5 Å². The van der Waals surface area contributed by atoms with Gasteiger partial charge in [0.15, 0.2) is 6.23 Å². The highest BCUT2D eigenvalue weighted by Crippen LogP contribution is 2.33. The number of aliphatic hydroxyl groups is 1. The minimum atomic E-state index is -0.904. The zero-order valence-corrected chi connectivity index (χ0v) is 10.1. The highest BCUT2D eigenvalue weighted by Gasteiger charge is 2.30. The summed E-state index contributed by atoms with van der Waals surface area (Å²) in [5.41, 5.74) is 1.54. The van der Waals surface area contributed by atoms with Crippen LogP contribution in [0.2, 0.25) is 0 Å². The van der Waals surface area contributed by atoms with E-state index in [-0.39, 0.29) is 17.9 Å². The maximum Gasteiger partial charge on any atom is 0.218 e. The van der Waals surface area contributed by atoms with Gasteiger partial charge in [-0.3, -0.25) is 4.79 Å². The SMILES string of the molecule is CC(=O)NC1OCC(Cl)c2ccccc2C1O. The second-order valence-corrected chi connectivity index (χ2v) is 4.52. The van der Waals surface area contributed by atoms with Gasteiger partial charge in [-0.25, -0.2) is 0 Å². The number of hydrogen-bond donors (Lipinski definition) is 2. The molecular weight excluding hydrogens is 242 g/mol. The number of amides is 1. The van der Waals surface area contributed by atoms with Crippen molar-refractivity contribution in [3.8, 4) is 0 Å². The lowest BCUT2D eigenvalue weighted by molar-refractivity contribution is -0.127. The van der Waals surface area contributed by atoms with Gasteiger partial charge in [0, 0.05) is 6.92 Å².